The Labute approximate surface area is 160 Å². The maximum Gasteiger partial charge on any atom is 0.333 e. The van der Waals surface area contributed by atoms with Gasteiger partial charge in [0.05, 0.1) is 5.39 Å². The van der Waals surface area contributed by atoms with Crippen molar-refractivity contribution in [1.29, 1.82) is 0 Å². The van der Waals surface area contributed by atoms with Crippen LogP contribution in [0, 0.1) is 13.8 Å². The summed E-state index contributed by atoms with van der Waals surface area (Å²) in [7, 11) is 0. The van der Waals surface area contributed by atoms with Crippen LogP contribution in [0.3, 0.4) is 0 Å². The Morgan fingerprint density at radius 3 is 2.37 bits per heavy atom. The Morgan fingerprint density at radius 2 is 1.78 bits per heavy atom. The van der Waals surface area contributed by atoms with E-state index in [0.717, 1.165) is 20.6 Å². The number of carboxylic acids is 1. The summed E-state index contributed by atoms with van der Waals surface area (Å²) in [5.41, 5.74) is -0.905. The Morgan fingerprint density at radius 1 is 1.15 bits per heavy atom. The Balaban J connectivity index is 2.29. The second-order valence-electron chi connectivity index (χ2n) is 7.14. The van der Waals surface area contributed by atoms with E-state index in [0.29, 0.717) is 23.2 Å². The van der Waals surface area contributed by atoms with E-state index in [9.17, 15) is 19.5 Å². The van der Waals surface area contributed by atoms with Crippen LogP contribution in [0.15, 0.2) is 39.9 Å². The number of carbonyl (C=O) groups is 1. The van der Waals surface area contributed by atoms with E-state index in [1.807, 2.05) is 44.2 Å². The number of hydrogen-bond donors (Lipinski definition) is 1. The molecule has 0 atom stereocenters. The van der Waals surface area contributed by atoms with Gasteiger partial charge in [0.2, 0.25) is 0 Å². The minimum absolute atomic E-state index is 0.370. The molecule has 1 aromatic carbocycles. The summed E-state index contributed by atoms with van der Waals surface area (Å²) in [6, 6.07) is 9.74. The van der Waals surface area contributed by atoms with Crippen molar-refractivity contribution in [2.75, 3.05) is 0 Å². The summed E-state index contributed by atoms with van der Waals surface area (Å²) < 4.78 is 2.42. The maximum atomic E-state index is 13.2. The SMILES string of the molecule is Cc1sc2c(c1C)c(=O)n(C(C)(C)C(=O)O)c(=O)n2CCc1ccccc1. The van der Waals surface area contributed by atoms with Crippen molar-refractivity contribution < 1.29 is 9.90 Å². The molecule has 3 rings (SSSR count). The predicted octanol–water partition coefficient (Wildman–Crippen LogP) is 2.90. The molecule has 0 saturated heterocycles. The van der Waals surface area contributed by atoms with Crippen LogP contribution in [-0.2, 0) is 23.3 Å². The fourth-order valence-electron chi connectivity index (χ4n) is 3.13. The molecule has 3 aromatic rings. The standard InChI is InChI=1S/C20H22N2O4S/c1-12-13(2)27-17-15(12)16(23)22(20(3,4)18(24)25)19(26)21(17)11-10-14-8-6-5-7-9-14/h5-9H,10-11H2,1-4H3,(H,24,25). The minimum Gasteiger partial charge on any atom is -0.480 e. The Bertz CT molecular complexity index is 1140. The van der Waals surface area contributed by atoms with Crippen molar-refractivity contribution >= 4 is 27.5 Å². The van der Waals surface area contributed by atoms with E-state index >= 15 is 0 Å². The number of rotatable bonds is 5. The first-order valence-electron chi connectivity index (χ1n) is 8.69. The lowest BCUT2D eigenvalue weighted by molar-refractivity contribution is -0.146. The van der Waals surface area contributed by atoms with Crippen molar-refractivity contribution in [3.8, 4) is 0 Å². The molecule has 0 saturated carbocycles. The molecular weight excluding hydrogens is 364 g/mol. The van der Waals surface area contributed by atoms with Gasteiger partial charge in [0.1, 0.15) is 10.4 Å². The number of nitrogens with zero attached hydrogens (tertiary/aromatic N) is 2. The third-order valence-electron chi connectivity index (χ3n) is 5.00. The lowest BCUT2D eigenvalue weighted by Gasteiger charge is -2.23. The van der Waals surface area contributed by atoms with Gasteiger partial charge in [-0.1, -0.05) is 30.3 Å². The topological polar surface area (TPSA) is 81.3 Å². The molecule has 7 heteroatoms. The Hall–Kier alpha value is -2.67. The zero-order chi connectivity index (χ0) is 19.9. The van der Waals surface area contributed by atoms with Gasteiger partial charge >= 0.3 is 11.7 Å². The molecule has 0 bridgehead atoms. The Kier molecular flexibility index (Phi) is 4.82. The fourth-order valence-corrected chi connectivity index (χ4v) is 4.30. The summed E-state index contributed by atoms with van der Waals surface area (Å²) in [6.07, 6.45) is 0.609. The van der Waals surface area contributed by atoms with Gasteiger partial charge in [0.15, 0.2) is 0 Å². The van der Waals surface area contributed by atoms with E-state index in [-0.39, 0.29) is 0 Å². The van der Waals surface area contributed by atoms with Crippen LogP contribution in [-0.4, -0.2) is 20.2 Å². The van der Waals surface area contributed by atoms with Crippen molar-refractivity contribution in [3.05, 3.63) is 67.2 Å². The van der Waals surface area contributed by atoms with Crippen molar-refractivity contribution in [1.82, 2.24) is 9.13 Å². The van der Waals surface area contributed by atoms with Gasteiger partial charge in [-0.2, -0.15) is 0 Å². The molecule has 0 fully saturated rings. The van der Waals surface area contributed by atoms with Gasteiger partial charge in [0.25, 0.3) is 5.56 Å². The lowest BCUT2D eigenvalue weighted by atomic mass is 10.1. The molecule has 0 amide bonds. The van der Waals surface area contributed by atoms with E-state index in [2.05, 4.69) is 0 Å². The van der Waals surface area contributed by atoms with Gasteiger partial charge in [0, 0.05) is 11.4 Å². The molecule has 0 aliphatic heterocycles. The highest BCUT2D eigenvalue weighted by Crippen LogP contribution is 2.27. The van der Waals surface area contributed by atoms with E-state index in [4.69, 9.17) is 0 Å². The van der Waals surface area contributed by atoms with Gasteiger partial charge in [-0.15, -0.1) is 11.3 Å². The smallest absolute Gasteiger partial charge is 0.333 e. The normalized spacial score (nSPS) is 11.9. The average molecular weight is 386 g/mol. The first-order valence-corrected chi connectivity index (χ1v) is 9.51. The van der Waals surface area contributed by atoms with Crippen molar-refractivity contribution in [2.45, 2.75) is 46.2 Å². The molecule has 0 radical (unpaired) electrons. The van der Waals surface area contributed by atoms with Crippen LogP contribution >= 0.6 is 11.3 Å². The quantitative estimate of drug-likeness (QED) is 0.731. The molecule has 0 aliphatic carbocycles. The highest BCUT2D eigenvalue weighted by Gasteiger charge is 2.34. The van der Waals surface area contributed by atoms with E-state index in [1.54, 1.807) is 4.57 Å². The fraction of sp³-hybridized carbons (Fsp3) is 0.350. The number of fused-ring (bicyclic) bond motifs is 1. The van der Waals surface area contributed by atoms with E-state index in [1.165, 1.54) is 25.2 Å². The molecule has 1 N–H and O–H groups in total. The summed E-state index contributed by atoms with van der Waals surface area (Å²) >= 11 is 1.40. The van der Waals surface area contributed by atoms with E-state index < -0.39 is 22.8 Å². The minimum atomic E-state index is -1.64. The summed E-state index contributed by atoms with van der Waals surface area (Å²) in [5, 5.41) is 10.0. The second-order valence-corrected chi connectivity index (χ2v) is 8.34. The zero-order valence-electron chi connectivity index (χ0n) is 15.8. The summed E-state index contributed by atoms with van der Waals surface area (Å²) in [4.78, 5) is 39.5. The number of aliphatic carboxylic acids is 1. The maximum absolute atomic E-state index is 13.2. The summed E-state index contributed by atoms with van der Waals surface area (Å²) in [6.45, 7) is 6.85. The molecule has 2 aromatic heterocycles. The second kappa shape index (κ2) is 6.81. The number of aromatic nitrogens is 2. The van der Waals surface area contributed by atoms with Crippen LogP contribution in [0.5, 0.6) is 0 Å². The molecule has 0 unspecified atom stereocenters. The highest BCUT2D eigenvalue weighted by atomic mass is 32.1. The molecule has 6 nitrogen and oxygen atoms in total. The summed E-state index contributed by atoms with van der Waals surface area (Å²) in [5.74, 6) is -1.22. The number of benzene rings is 1. The predicted molar refractivity (Wildman–Crippen MR) is 107 cm³/mol. The number of thiophene rings is 1. The van der Waals surface area contributed by atoms with Gasteiger partial charge < -0.3 is 5.11 Å². The molecule has 0 aliphatic rings. The van der Waals surface area contributed by atoms with Crippen LogP contribution in [0.4, 0.5) is 0 Å². The monoisotopic (exact) mass is 386 g/mol. The largest absolute Gasteiger partial charge is 0.480 e. The highest BCUT2D eigenvalue weighted by molar-refractivity contribution is 7.18. The molecule has 142 valence electrons. The lowest BCUT2D eigenvalue weighted by Crippen LogP contribution is -2.52. The van der Waals surface area contributed by atoms with Gasteiger partial charge in [-0.3, -0.25) is 9.36 Å². The molecule has 2 heterocycles. The molecule has 0 spiro atoms. The number of carboxylic acid groups (broad SMARTS) is 1. The first kappa shape index (κ1) is 19.1. The van der Waals surface area contributed by atoms with Crippen molar-refractivity contribution in [2.24, 2.45) is 0 Å². The molecule has 27 heavy (non-hydrogen) atoms. The van der Waals surface area contributed by atoms with Crippen LogP contribution in [0.1, 0.15) is 29.9 Å². The zero-order valence-corrected chi connectivity index (χ0v) is 16.6. The van der Waals surface area contributed by atoms with Crippen molar-refractivity contribution in [3.63, 3.8) is 0 Å². The van der Waals surface area contributed by atoms with Crippen LogP contribution in [0.25, 0.3) is 10.2 Å². The average Bonchev–Trinajstić information content (AvgIpc) is 2.90. The van der Waals surface area contributed by atoms with Crippen LogP contribution < -0.4 is 11.2 Å². The third-order valence-corrected chi connectivity index (χ3v) is 6.23. The van der Waals surface area contributed by atoms with Gasteiger partial charge in [-0.05, 0) is 45.2 Å². The molecular formula is C20H22N2O4S. The van der Waals surface area contributed by atoms with Crippen LogP contribution in [0.2, 0.25) is 0 Å². The number of hydrogen-bond acceptors (Lipinski definition) is 4. The van der Waals surface area contributed by atoms with Gasteiger partial charge in [-0.25, -0.2) is 14.2 Å². The number of aryl methyl sites for hydroxylation is 4. The third kappa shape index (κ3) is 3.12. The first-order chi connectivity index (χ1) is 12.7.